The minimum absolute atomic E-state index is 0.0291. The number of carbonyl (C=O) groups is 1. The van der Waals surface area contributed by atoms with Gasteiger partial charge < -0.3 is 4.90 Å². The van der Waals surface area contributed by atoms with Crippen LogP contribution in [0.15, 0.2) is 35.5 Å². The molecule has 26 heavy (non-hydrogen) atoms. The Balaban J connectivity index is 1.92. The first-order valence-electron chi connectivity index (χ1n) is 8.64. The molecule has 0 aliphatic carbocycles. The highest BCUT2D eigenvalue weighted by molar-refractivity contribution is 7.89. The number of aromatic nitrogens is 2. The maximum absolute atomic E-state index is 13.1. The topological polar surface area (TPSA) is 75.5 Å². The third-order valence-corrected chi connectivity index (χ3v) is 6.63. The summed E-state index contributed by atoms with van der Waals surface area (Å²) in [4.78, 5) is 13.8. The zero-order valence-corrected chi connectivity index (χ0v) is 16.3. The number of rotatable bonds is 5. The standard InChI is InChI=1S/C18H24N4O3S/c1-5-21(12-15-10-19-20(4)11-15)26(24,25)17-6-7-18-16(9-17)8-13(2)22(18)14(3)23/h6-7,9-11,13H,5,8,12H2,1-4H3. The molecule has 1 atom stereocenters. The molecule has 3 rings (SSSR count). The van der Waals surface area contributed by atoms with Crippen LogP contribution in [0.5, 0.6) is 0 Å². The van der Waals surface area contributed by atoms with Gasteiger partial charge in [-0.05, 0) is 37.1 Å². The number of anilines is 1. The summed E-state index contributed by atoms with van der Waals surface area (Å²) in [5, 5.41) is 4.10. The summed E-state index contributed by atoms with van der Waals surface area (Å²) in [5.74, 6) is -0.0291. The van der Waals surface area contributed by atoms with E-state index in [1.165, 1.54) is 11.2 Å². The quantitative estimate of drug-likeness (QED) is 0.799. The first-order valence-corrected chi connectivity index (χ1v) is 10.1. The van der Waals surface area contributed by atoms with Crippen molar-refractivity contribution >= 4 is 21.6 Å². The fraction of sp³-hybridized carbons (Fsp3) is 0.444. The molecule has 7 nitrogen and oxygen atoms in total. The molecule has 0 fully saturated rings. The Morgan fingerprint density at radius 1 is 1.38 bits per heavy atom. The monoisotopic (exact) mass is 376 g/mol. The van der Waals surface area contributed by atoms with E-state index in [9.17, 15) is 13.2 Å². The van der Waals surface area contributed by atoms with Crippen molar-refractivity contribution in [3.8, 4) is 0 Å². The molecule has 1 aromatic carbocycles. The van der Waals surface area contributed by atoms with E-state index in [0.29, 0.717) is 13.0 Å². The molecule has 1 amide bonds. The van der Waals surface area contributed by atoms with Crippen LogP contribution < -0.4 is 4.90 Å². The van der Waals surface area contributed by atoms with E-state index < -0.39 is 10.0 Å². The van der Waals surface area contributed by atoms with Gasteiger partial charge in [0.1, 0.15) is 0 Å². The molecule has 140 valence electrons. The molecular formula is C18H24N4O3S. The van der Waals surface area contributed by atoms with Crippen molar-refractivity contribution in [3.05, 3.63) is 41.7 Å². The average Bonchev–Trinajstić information content (AvgIpc) is 3.13. The minimum Gasteiger partial charge on any atom is -0.309 e. The van der Waals surface area contributed by atoms with Gasteiger partial charge in [0, 0.05) is 50.6 Å². The average molecular weight is 376 g/mol. The molecule has 0 N–H and O–H groups in total. The van der Waals surface area contributed by atoms with Crippen molar-refractivity contribution in [2.24, 2.45) is 7.05 Å². The lowest BCUT2D eigenvalue weighted by Gasteiger charge is -2.22. The van der Waals surface area contributed by atoms with Crippen LogP contribution in [-0.2, 0) is 34.8 Å². The van der Waals surface area contributed by atoms with E-state index in [1.807, 2.05) is 20.0 Å². The fourth-order valence-electron chi connectivity index (χ4n) is 3.52. The number of hydrogen-bond donors (Lipinski definition) is 0. The van der Waals surface area contributed by atoms with E-state index in [0.717, 1.165) is 16.8 Å². The lowest BCUT2D eigenvalue weighted by atomic mass is 10.1. The summed E-state index contributed by atoms with van der Waals surface area (Å²) >= 11 is 0. The molecule has 0 saturated heterocycles. The molecule has 0 spiro atoms. The molecule has 1 unspecified atom stereocenters. The molecule has 8 heteroatoms. The highest BCUT2D eigenvalue weighted by Gasteiger charge is 2.31. The largest absolute Gasteiger partial charge is 0.309 e. The first-order chi connectivity index (χ1) is 12.2. The van der Waals surface area contributed by atoms with Crippen molar-refractivity contribution in [1.29, 1.82) is 0 Å². The summed E-state index contributed by atoms with van der Waals surface area (Å²) < 4.78 is 29.3. The van der Waals surface area contributed by atoms with Gasteiger partial charge in [0.05, 0.1) is 11.1 Å². The summed E-state index contributed by atoms with van der Waals surface area (Å²) in [6.07, 6.45) is 4.15. The number of nitrogens with zero attached hydrogens (tertiary/aromatic N) is 4. The van der Waals surface area contributed by atoms with Crippen molar-refractivity contribution in [3.63, 3.8) is 0 Å². The van der Waals surface area contributed by atoms with Crippen LogP contribution in [0.1, 0.15) is 31.9 Å². The molecular weight excluding hydrogens is 352 g/mol. The van der Waals surface area contributed by atoms with Crippen LogP contribution >= 0.6 is 0 Å². The second-order valence-electron chi connectivity index (χ2n) is 6.69. The Labute approximate surface area is 154 Å². The number of aryl methyl sites for hydroxylation is 1. The molecule has 0 bridgehead atoms. The van der Waals surface area contributed by atoms with Crippen LogP contribution in [0.2, 0.25) is 0 Å². The number of sulfonamides is 1. The Morgan fingerprint density at radius 2 is 2.12 bits per heavy atom. The second-order valence-corrected chi connectivity index (χ2v) is 8.62. The summed E-state index contributed by atoms with van der Waals surface area (Å²) in [5.41, 5.74) is 2.54. The minimum atomic E-state index is -3.62. The van der Waals surface area contributed by atoms with Gasteiger partial charge in [0.25, 0.3) is 0 Å². The number of fused-ring (bicyclic) bond motifs is 1. The molecule has 1 aliphatic rings. The molecule has 2 aromatic rings. The fourth-order valence-corrected chi connectivity index (χ4v) is 5.01. The molecule has 2 heterocycles. The van der Waals surface area contributed by atoms with E-state index in [-0.39, 0.29) is 23.4 Å². The number of hydrogen-bond acceptors (Lipinski definition) is 4. The zero-order chi connectivity index (χ0) is 19.1. The highest BCUT2D eigenvalue weighted by atomic mass is 32.2. The third kappa shape index (κ3) is 3.26. The van der Waals surface area contributed by atoms with Crippen LogP contribution in [0.3, 0.4) is 0 Å². The molecule has 1 aromatic heterocycles. The van der Waals surface area contributed by atoms with Crippen LogP contribution in [0, 0.1) is 0 Å². The molecule has 0 saturated carbocycles. The van der Waals surface area contributed by atoms with E-state index >= 15 is 0 Å². The lowest BCUT2D eigenvalue weighted by Crippen LogP contribution is -2.33. The van der Waals surface area contributed by atoms with Crippen LogP contribution in [-0.4, -0.2) is 41.0 Å². The van der Waals surface area contributed by atoms with Gasteiger partial charge in [-0.3, -0.25) is 9.48 Å². The maximum Gasteiger partial charge on any atom is 0.243 e. The molecule has 1 aliphatic heterocycles. The first kappa shape index (κ1) is 18.6. The third-order valence-electron chi connectivity index (χ3n) is 4.71. The van der Waals surface area contributed by atoms with Crippen LogP contribution in [0.25, 0.3) is 0 Å². The van der Waals surface area contributed by atoms with Gasteiger partial charge in [-0.15, -0.1) is 0 Å². The van der Waals surface area contributed by atoms with Gasteiger partial charge in [0.15, 0.2) is 0 Å². The Hall–Kier alpha value is -2.19. The Morgan fingerprint density at radius 3 is 2.69 bits per heavy atom. The number of carbonyl (C=O) groups excluding carboxylic acids is 1. The van der Waals surface area contributed by atoms with Gasteiger partial charge >= 0.3 is 0 Å². The number of amides is 1. The Kier molecular flexibility index (Phi) is 4.90. The van der Waals surface area contributed by atoms with E-state index in [4.69, 9.17) is 0 Å². The van der Waals surface area contributed by atoms with Crippen LogP contribution in [0.4, 0.5) is 5.69 Å². The highest BCUT2D eigenvalue weighted by Crippen LogP contribution is 2.34. The summed E-state index contributed by atoms with van der Waals surface area (Å²) in [6, 6.07) is 5.08. The second kappa shape index (κ2) is 6.85. The SMILES string of the molecule is CCN(Cc1cnn(C)c1)S(=O)(=O)c1ccc2c(c1)CC(C)N2C(C)=O. The van der Waals surface area contributed by atoms with Gasteiger partial charge in [-0.2, -0.15) is 9.40 Å². The van der Waals surface area contributed by atoms with E-state index in [2.05, 4.69) is 5.10 Å². The van der Waals surface area contributed by atoms with Crippen molar-refractivity contribution < 1.29 is 13.2 Å². The van der Waals surface area contributed by atoms with Gasteiger partial charge in [0.2, 0.25) is 15.9 Å². The smallest absolute Gasteiger partial charge is 0.243 e. The van der Waals surface area contributed by atoms with Gasteiger partial charge in [-0.25, -0.2) is 8.42 Å². The van der Waals surface area contributed by atoms with Crippen molar-refractivity contribution in [1.82, 2.24) is 14.1 Å². The van der Waals surface area contributed by atoms with E-state index in [1.54, 1.807) is 41.0 Å². The van der Waals surface area contributed by atoms with Crippen molar-refractivity contribution in [2.75, 3.05) is 11.4 Å². The lowest BCUT2D eigenvalue weighted by molar-refractivity contribution is -0.116. The van der Waals surface area contributed by atoms with Crippen molar-refractivity contribution in [2.45, 2.75) is 44.7 Å². The predicted octanol–water partition coefficient (Wildman–Crippen LogP) is 1.93. The zero-order valence-electron chi connectivity index (χ0n) is 15.5. The number of benzene rings is 1. The maximum atomic E-state index is 13.1. The summed E-state index contributed by atoms with van der Waals surface area (Å²) in [7, 11) is -1.82. The van der Waals surface area contributed by atoms with Gasteiger partial charge in [-0.1, -0.05) is 6.92 Å². The molecule has 0 radical (unpaired) electrons. The normalized spacial score (nSPS) is 17.0. The Bertz CT molecular complexity index is 936. The summed E-state index contributed by atoms with van der Waals surface area (Å²) in [6.45, 7) is 5.96. The predicted molar refractivity (Wildman–Crippen MR) is 99.2 cm³/mol.